The smallest absolute Gasteiger partial charge is 0.129 e. The van der Waals surface area contributed by atoms with Gasteiger partial charge in [-0.25, -0.2) is 9.07 Å². The van der Waals surface area contributed by atoms with E-state index in [2.05, 4.69) is 37.0 Å². The highest BCUT2D eigenvalue weighted by atomic mass is 79.9. The van der Waals surface area contributed by atoms with E-state index < -0.39 is 0 Å². The second-order valence-corrected chi connectivity index (χ2v) is 6.41. The Kier molecular flexibility index (Phi) is 4.22. The minimum absolute atomic E-state index is 0.233. The van der Waals surface area contributed by atoms with E-state index in [1.807, 2.05) is 42.6 Å². The van der Waals surface area contributed by atoms with Gasteiger partial charge in [0.1, 0.15) is 5.82 Å². The molecule has 3 rings (SSSR count). The first kappa shape index (κ1) is 14.5. The van der Waals surface area contributed by atoms with Gasteiger partial charge in [-0.05, 0) is 24.3 Å². The molecule has 3 aromatic rings. The Morgan fingerprint density at radius 3 is 2.57 bits per heavy atom. The minimum Gasteiger partial charge on any atom is -0.241 e. The summed E-state index contributed by atoms with van der Waals surface area (Å²) in [5.41, 5.74) is 2.46. The molecule has 0 saturated heterocycles. The molecule has 1 unspecified atom stereocenters. The summed E-state index contributed by atoms with van der Waals surface area (Å²) < 4.78 is 16.5. The van der Waals surface area contributed by atoms with Gasteiger partial charge in [-0.15, -0.1) is 0 Å². The van der Waals surface area contributed by atoms with Gasteiger partial charge in [0.15, 0.2) is 0 Å². The second kappa shape index (κ2) is 6.12. The molecule has 0 fully saturated rings. The number of hydrogen-bond donors (Lipinski definition) is 0. The van der Waals surface area contributed by atoms with Crippen molar-refractivity contribution >= 4 is 31.9 Å². The summed E-state index contributed by atoms with van der Waals surface area (Å²) in [6.45, 7) is 0. The van der Waals surface area contributed by atoms with Crippen molar-refractivity contribution in [3.8, 4) is 5.69 Å². The lowest BCUT2D eigenvalue weighted by Gasteiger charge is -2.09. The molecule has 2 nitrogen and oxygen atoms in total. The standard InChI is InChI=1S/C16H11Br2FN2/c17-12-6-7-14(15(19)8-12)16(18)11-9-20-21(10-11)13-4-2-1-3-5-13/h1-10,16H. The number of halogens is 3. The van der Waals surface area contributed by atoms with E-state index in [1.165, 1.54) is 6.07 Å². The van der Waals surface area contributed by atoms with E-state index in [4.69, 9.17) is 0 Å². The van der Waals surface area contributed by atoms with Gasteiger partial charge >= 0.3 is 0 Å². The first-order chi connectivity index (χ1) is 10.1. The first-order valence-electron chi connectivity index (χ1n) is 6.34. The highest BCUT2D eigenvalue weighted by Gasteiger charge is 2.17. The Balaban J connectivity index is 1.92. The normalized spacial score (nSPS) is 12.3. The zero-order chi connectivity index (χ0) is 14.8. The topological polar surface area (TPSA) is 17.8 Å². The monoisotopic (exact) mass is 408 g/mol. The highest BCUT2D eigenvalue weighted by Crippen LogP contribution is 2.33. The molecule has 0 aliphatic heterocycles. The molecule has 2 aromatic carbocycles. The Labute approximate surface area is 138 Å². The molecule has 21 heavy (non-hydrogen) atoms. The lowest BCUT2D eigenvalue weighted by Crippen LogP contribution is -1.96. The Morgan fingerprint density at radius 2 is 1.86 bits per heavy atom. The molecule has 0 aliphatic carbocycles. The van der Waals surface area contributed by atoms with Crippen LogP contribution in [0.15, 0.2) is 65.4 Å². The molecule has 0 radical (unpaired) electrons. The first-order valence-corrected chi connectivity index (χ1v) is 8.05. The van der Waals surface area contributed by atoms with E-state index in [9.17, 15) is 4.39 Å². The number of aromatic nitrogens is 2. The Hall–Kier alpha value is -1.46. The summed E-state index contributed by atoms with van der Waals surface area (Å²) in [7, 11) is 0. The molecule has 1 aromatic heterocycles. The molecular weight excluding hydrogens is 399 g/mol. The van der Waals surface area contributed by atoms with Gasteiger partial charge in [0.05, 0.1) is 16.7 Å². The van der Waals surface area contributed by atoms with Crippen molar-refractivity contribution in [3.05, 3.63) is 82.3 Å². The fourth-order valence-electron chi connectivity index (χ4n) is 2.08. The molecule has 0 N–H and O–H groups in total. The van der Waals surface area contributed by atoms with Crippen LogP contribution in [0.1, 0.15) is 16.0 Å². The van der Waals surface area contributed by atoms with Crippen molar-refractivity contribution in [2.45, 2.75) is 4.83 Å². The van der Waals surface area contributed by atoms with Gasteiger partial charge in [-0.2, -0.15) is 5.10 Å². The highest BCUT2D eigenvalue weighted by molar-refractivity contribution is 9.10. The third-order valence-corrected chi connectivity index (χ3v) is 4.67. The number of alkyl halides is 1. The minimum atomic E-state index is -0.251. The van der Waals surface area contributed by atoms with Gasteiger partial charge in [-0.1, -0.05) is 56.1 Å². The van der Waals surface area contributed by atoms with E-state index in [1.54, 1.807) is 16.9 Å². The molecule has 106 valence electrons. The van der Waals surface area contributed by atoms with Crippen LogP contribution >= 0.6 is 31.9 Å². The number of hydrogen-bond acceptors (Lipinski definition) is 1. The van der Waals surface area contributed by atoms with E-state index in [0.29, 0.717) is 5.56 Å². The molecule has 0 aliphatic rings. The summed E-state index contributed by atoms with van der Waals surface area (Å²) in [6.07, 6.45) is 3.64. The van der Waals surface area contributed by atoms with Crippen LogP contribution in [0.5, 0.6) is 0 Å². The fourth-order valence-corrected chi connectivity index (χ4v) is 3.02. The summed E-state index contributed by atoms with van der Waals surface area (Å²) >= 11 is 6.81. The third-order valence-electron chi connectivity index (χ3n) is 3.15. The molecule has 0 bridgehead atoms. The van der Waals surface area contributed by atoms with Crippen molar-refractivity contribution in [1.82, 2.24) is 9.78 Å². The molecule has 5 heteroatoms. The number of rotatable bonds is 3. The van der Waals surface area contributed by atoms with Crippen molar-refractivity contribution in [2.75, 3.05) is 0 Å². The van der Waals surface area contributed by atoms with Crippen molar-refractivity contribution in [1.29, 1.82) is 0 Å². The van der Waals surface area contributed by atoms with Gasteiger partial charge < -0.3 is 0 Å². The zero-order valence-electron chi connectivity index (χ0n) is 10.9. The summed E-state index contributed by atoms with van der Waals surface area (Å²) in [6, 6.07) is 14.9. The van der Waals surface area contributed by atoms with Crippen LogP contribution in [0.2, 0.25) is 0 Å². The number of para-hydroxylation sites is 1. The summed E-state index contributed by atoms with van der Waals surface area (Å²) in [5.74, 6) is -0.251. The zero-order valence-corrected chi connectivity index (χ0v) is 14.1. The maximum absolute atomic E-state index is 14.0. The van der Waals surface area contributed by atoms with Crippen LogP contribution in [0.25, 0.3) is 5.69 Å². The molecule has 1 atom stereocenters. The van der Waals surface area contributed by atoms with Crippen LogP contribution in [-0.4, -0.2) is 9.78 Å². The van der Waals surface area contributed by atoms with Gasteiger partial charge in [0.2, 0.25) is 0 Å². The Morgan fingerprint density at radius 1 is 1.10 bits per heavy atom. The molecule has 0 amide bonds. The number of benzene rings is 2. The van der Waals surface area contributed by atoms with Crippen LogP contribution in [0, 0.1) is 5.82 Å². The summed E-state index contributed by atoms with van der Waals surface area (Å²) in [5, 5.41) is 4.34. The predicted molar refractivity (Wildman–Crippen MR) is 88.4 cm³/mol. The molecule has 0 saturated carbocycles. The average Bonchev–Trinajstić information content (AvgIpc) is 2.97. The quantitative estimate of drug-likeness (QED) is 0.539. The predicted octanol–water partition coefficient (Wildman–Crippen LogP) is 5.26. The van der Waals surface area contributed by atoms with Crippen LogP contribution in [0.3, 0.4) is 0 Å². The van der Waals surface area contributed by atoms with E-state index in [-0.39, 0.29) is 10.6 Å². The van der Waals surface area contributed by atoms with Crippen LogP contribution < -0.4 is 0 Å². The molecule has 1 heterocycles. The Bertz CT molecular complexity index is 756. The lowest BCUT2D eigenvalue weighted by atomic mass is 10.1. The van der Waals surface area contributed by atoms with E-state index >= 15 is 0 Å². The summed E-state index contributed by atoms with van der Waals surface area (Å²) in [4.78, 5) is -0.233. The molecule has 0 spiro atoms. The van der Waals surface area contributed by atoms with Gasteiger partial charge in [-0.3, -0.25) is 0 Å². The van der Waals surface area contributed by atoms with Crippen molar-refractivity contribution < 1.29 is 4.39 Å². The SMILES string of the molecule is Fc1cc(Br)ccc1C(Br)c1cnn(-c2ccccc2)c1. The van der Waals surface area contributed by atoms with Crippen molar-refractivity contribution in [2.24, 2.45) is 0 Å². The fraction of sp³-hybridized carbons (Fsp3) is 0.0625. The van der Waals surface area contributed by atoms with E-state index in [0.717, 1.165) is 15.7 Å². The van der Waals surface area contributed by atoms with Crippen LogP contribution in [0.4, 0.5) is 4.39 Å². The average molecular weight is 410 g/mol. The maximum Gasteiger partial charge on any atom is 0.129 e. The van der Waals surface area contributed by atoms with Crippen molar-refractivity contribution in [3.63, 3.8) is 0 Å². The lowest BCUT2D eigenvalue weighted by molar-refractivity contribution is 0.612. The number of nitrogens with zero attached hydrogens (tertiary/aromatic N) is 2. The van der Waals surface area contributed by atoms with Gasteiger partial charge in [0.25, 0.3) is 0 Å². The molecular formula is C16H11Br2FN2. The van der Waals surface area contributed by atoms with Crippen LogP contribution in [-0.2, 0) is 0 Å². The maximum atomic E-state index is 14.0. The van der Waals surface area contributed by atoms with Gasteiger partial charge in [0, 0.05) is 21.8 Å². The largest absolute Gasteiger partial charge is 0.241 e. The third kappa shape index (κ3) is 3.09. The second-order valence-electron chi connectivity index (χ2n) is 4.58.